The Morgan fingerprint density at radius 1 is 1.21 bits per heavy atom. The Morgan fingerprint density at radius 3 is 2.57 bits per heavy atom. The normalized spacial score (nSPS) is 12.1. The smallest absolute Gasteiger partial charge is 0.179 e. The summed E-state index contributed by atoms with van der Waals surface area (Å²) in [6.45, 7) is 8.66. The number of allylic oxidation sites excluding steroid dienone is 5. The van der Waals surface area contributed by atoms with Gasteiger partial charge < -0.3 is 5.73 Å². The van der Waals surface area contributed by atoms with E-state index in [-0.39, 0.29) is 6.42 Å². The number of aliphatic imine (C=N–C) groups is 2. The lowest BCUT2D eigenvalue weighted by molar-refractivity contribution is 0.628. The second-order valence-corrected chi connectivity index (χ2v) is 5.33. The molecule has 0 spiro atoms. The van der Waals surface area contributed by atoms with Gasteiger partial charge in [-0.1, -0.05) is 18.7 Å². The number of aromatic nitrogens is 2. The lowest BCUT2D eigenvalue weighted by Gasteiger charge is -2.05. The van der Waals surface area contributed by atoms with Crippen molar-refractivity contribution < 1.29 is 8.78 Å². The van der Waals surface area contributed by atoms with Crippen LogP contribution in [0.1, 0.15) is 16.8 Å². The molecular weight excluding hydrogens is 360 g/mol. The van der Waals surface area contributed by atoms with E-state index < -0.39 is 11.7 Å². The van der Waals surface area contributed by atoms with Crippen LogP contribution in [0.3, 0.4) is 0 Å². The highest BCUT2D eigenvalue weighted by Gasteiger charge is 2.06. The van der Waals surface area contributed by atoms with Crippen molar-refractivity contribution in [1.82, 2.24) is 9.97 Å². The van der Waals surface area contributed by atoms with Crippen molar-refractivity contribution >= 4 is 18.2 Å². The quantitative estimate of drug-likeness (QED) is 0.451. The number of aryl methyl sites for hydroxylation is 1. The van der Waals surface area contributed by atoms with Gasteiger partial charge in [-0.05, 0) is 56.5 Å². The van der Waals surface area contributed by atoms with Crippen molar-refractivity contribution in [3.8, 4) is 0 Å². The summed E-state index contributed by atoms with van der Waals surface area (Å²) in [5.41, 5.74) is 7.40. The summed E-state index contributed by atoms with van der Waals surface area (Å²) in [6, 6.07) is 5.54. The Hall–Kier alpha value is -3.32. The van der Waals surface area contributed by atoms with Crippen molar-refractivity contribution in [2.75, 3.05) is 7.05 Å². The maximum absolute atomic E-state index is 13.6. The summed E-state index contributed by atoms with van der Waals surface area (Å²) in [6.07, 6.45) is 7.96. The van der Waals surface area contributed by atoms with Crippen LogP contribution in [-0.2, 0) is 6.42 Å². The molecular formula is C21H23F2N5. The molecule has 0 saturated heterocycles. The molecule has 1 aromatic heterocycles. The van der Waals surface area contributed by atoms with Crippen LogP contribution in [-0.4, -0.2) is 29.6 Å². The third-order valence-electron chi connectivity index (χ3n) is 3.45. The predicted molar refractivity (Wildman–Crippen MR) is 111 cm³/mol. The van der Waals surface area contributed by atoms with E-state index in [1.165, 1.54) is 13.1 Å². The summed E-state index contributed by atoms with van der Waals surface area (Å²) in [4.78, 5) is 16.5. The minimum Gasteiger partial charge on any atom is -0.333 e. The van der Waals surface area contributed by atoms with Gasteiger partial charge in [0.2, 0.25) is 0 Å². The molecule has 7 heteroatoms. The molecule has 0 fully saturated rings. The molecule has 0 aliphatic carbocycles. The first-order valence-corrected chi connectivity index (χ1v) is 8.38. The van der Waals surface area contributed by atoms with Gasteiger partial charge in [0.1, 0.15) is 17.3 Å². The van der Waals surface area contributed by atoms with Crippen LogP contribution >= 0.6 is 0 Å². The van der Waals surface area contributed by atoms with Gasteiger partial charge in [0.15, 0.2) is 5.84 Å². The molecule has 0 amide bonds. The Kier molecular flexibility index (Phi) is 9.85. The maximum Gasteiger partial charge on any atom is 0.179 e. The van der Waals surface area contributed by atoms with Gasteiger partial charge in [0.25, 0.3) is 0 Å². The molecule has 1 heterocycles. The zero-order chi connectivity index (χ0) is 20.9. The molecule has 0 unspecified atom stereocenters. The largest absolute Gasteiger partial charge is 0.333 e. The van der Waals surface area contributed by atoms with E-state index in [0.717, 1.165) is 23.3 Å². The molecule has 2 aromatic rings. The monoisotopic (exact) mass is 383 g/mol. The summed E-state index contributed by atoms with van der Waals surface area (Å²) in [7, 11) is 1.50. The summed E-state index contributed by atoms with van der Waals surface area (Å²) in [5.74, 6) is -1.05. The van der Waals surface area contributed by atoms with Gasteiger partial charge in [-0.3, -0.25) is 4.98 Å². The predicted octanol–water partition coefficient (Wildman–Crippen LogP) is 4.57. The van der Waals surface area contributed by atoms with Gasteiger partial charge in [-0.2, -0.15) is 0 Å². The molecule has 0 bridgehead atoms. The van der Waals surface area contributed by atoms with Crippen molar-refractivity contribution in [3.05, 3.63) is 90.1 Å². The first-order chi connectivity index (χ1) is 13.5. The minimum atomic E-state index is -0.724. The molecule has 28 heavy (non-hydrogen) atoms. The number of nitrogens with two attached hydrogens (primary N) is 1. The minimum absolute atomic E-state index is 0.289. The Bertz CT molecular complexity index is 887. The fourth-order valence-electron chi connectivity index (χ4n) is 2.07. The second-order valence-electron chi connectivity index (χ2n) is 5.33. The number of hydrogen-bond acceptors (Lipinski definition) is 4. The average Bonchev–Trinajstić information content (AvgIpc) is 2.74. The van der Waals surface area contributed by atoms with Crippen LogP contribution in [0.2, 0.25) is 0 Å². The van der Waals surface area contributed by atoms with E-state index in [1.807, 2.05) is 25.1 Å². The average molecular weight is 383 g/mol. The summed E-state index contributed by atoms with van der Waals surface area (Å²) in [5, 5.41) is 0. The number of rotatable bonds is 6. The summed E-state index contributed by atoms with van der Waals surface area (Å²) < 4.78 is 26.6. The fraction of sp³-hybridized carbons (Fsp3) is 0.143. The Morgan fingerprint density at radius 2 is 1.96 bits per heavy atom. The topological polar surface area (TPSA) is 76.5 Å². The Balaban J connectivity index is 0.00000190. The maximum atomic E-state index is 13.6. The lowest BCUT2D eigenvalue weighted by Crippen LogP contribution is -2.00. The van der Waals surface area contributed by atoms with Gasteiger partial charge >= 0.3 is 0 Å². The van der Waals surface area contributed by atoms with Crippen LogP contribution in [0, 0.1) is 6.92 Å². The number of benzene rings is 1. The highest BCUT2D eigenvalue weighted by Crippen LogP contribution is 2.22. The van der Waals surface area contributed by atoms with Gasteiger partial charge in [-0.15, -0.1) is 0 Å². The van der Waals surface area contributed by atoms with Crippen LogP contribution in [0.5, 0.6) is 0 Å². The molecule has 0 aliphatic rings. The molecule has 146 valence electrons. The van der Waals surface area contributed by atoms with E-state index >= 15 is 0 Å². The first kappa shape index (κ1) is 22.7. The number of hydrogen-bond donors (Lipinski definition) is 1. The molecule has 0 aliphatic heterocycles. The van der Waals surface area contributed by atoms with Crippen molar-refractivity contribution in [2.24, 2.45) is 15.7 Å². The van der Waals surface area contributed by atoms with E-state index in [0.29, 0.717) is 17.2 Å². The SMILES string of the molecule is C=C/C(F)=C\C(F)=C/Cc1ccc(C)c(N=C(N=C)c2cnccn2)c1.CN. The molecule has 2 rings (SSSR count). The van der Waals surface area contributed by atoms with Gasteiger partial charge in [-0.25, -0.2) is 23.7 Å². The van der Waals surface area contributed by atoms with E-state index in [9.17, 15) is 8.78 Å². The third kappa shape index (κ3) is 7.13. The molecule has 0 radical (unpaired) electrons. The molecule has 1 aromatic carbocycles. The second kappa shape index (κ2) is 12.1. The van der Waals surface area contributed by atoms with Crippen LogP contribution in [0.25, 0.3) is 0 Å². The van der Waals surface area contributed by atoms with Gasteiger partial charge in [0, 0.05) is 18.5 Å². The number of nitrogens with zero attached hydrogens (tertiary/aromatic N) is 4. The van der Waals surface area contributed by atoms with Crippen molar-refractivity contribution in [1.29, 1.82) is 0 Å². The molecule has 5 nitrogen and oxygen atoms in total. The highest BCUT2D eigenvalue weighted by molar-refractivity contribution is 6.01. The van der Waals surface area contributed by atoms with E-state index in [1.54, 1.807) is 18.6 Å². The molecule has 2 N–H and O–H groups in total. The molecule has 0 atom stereocenters. The summed E-state index contributed by atoms with van der Waals surface area (Å²) >= 11 is 0. The number of amidine groups is 1. The third-order valence-corrected chi connectivity index (χ3v) is 3.45. The van der Waals surface area contributed by atoms with E-state index in [4.69, 9.17) is 0 Å². The van der Waals surface area contributed by atoms with Crippen LogP contribution < -0.4 is 5.73 Å². The molecule has 0 saturated carbocycles. The zero-order valence-corrected chi connectivity index (χ0v) is 15.9. The van der Waals surface area contributed by atoms with Crippen LogP contribution in [0.4, 0.5) is 14.5 Å². The number of halogens is 2. The fourth-order valence-corrected chi connectivity index (χ4v) is 2.07. The Labute approximate surface area is 163 Å². The van der Waals surface area contributed by atoms with E-state index in [2.05, 4.69) is 39.0 Å². The lowest BCUT2D eigenvalue weighted by atomic mass is 10.1. The van der Waals surface area contributed by atoms with Crippen molar-refractivity contribution in [3.63, 3.8) is 0 Å². The van der Waals surface area contributed by atoms with Crippen LogP contribution in [0.15, 0.2) is 83.2 Å². The first-order valence-electron chi connectivity index (χ1n) is 8.38. The zero-order valence-electron chi connectivity index (χ0n) is 15.9. The standard InChI is InChI=1S/C20H18F2N4.CH5N/c1-4-16(21)12-17(22)8-7-15-6-5-14(2)18(11-15)26-20(23-3)19-13-24-9-10-25-19;1-2/h4-6,8-13H,1,3,7H2,2H3;2H2,1H3/b16-12+,17-8+,26-20?;. The van der Waals surface area contributed by atoms with Crippen molar-refractivity contribution in [2.45, 2.75) is 13.3 Å². The van der Waals surface area contributed by atoms with Gasteiger partial charge in [0.05, 0.1) is 11.9 Å². The highest BCUT2D eigenvalue weighted by atomic mass is 19.1.